The summed E-state index contributed by atoms with van der Waals surface area (Å²) in [5.41, 5.74) is 5.50. The van der Waals surface area contributed by atoms with Crippen LogP contribution in [0.15, 0.2) is 23.1 Å². The van der Waals surface area contributed by atoms with Gasteiger partial charge in [-0.1, -0.05) is 6.07 Å². The van der Waals surface area contributed by atoms with E-state index in [1.54, 1.807) is 12.1 Å². The third kappa shape index (κ3) is 4.14. The van der Waals surface area contributed by atoms with Crippen molar-refractivity contribution in [3.05, 3.63) is 29.3 Å². The number of benzene rings is 1. The molecule has 1 aromatic carbocycles. The first-order valence-corrected chi connectivity index (χ1v) is 7.53. The fourth-order valence-electron chi connectivity index (χ4n) is 2.20. The molecular formula is C14H18F3NOS. The minimum atomic E-state index is -4.32. The Labute approximate surface area is 120 Å². The summed E-state index contributed by atoms with van der Waals surface area (Å²) in [7, 11) is 0. The van der Waals surface area contributed by atoms with Gasteiger partial charge in [-0.05, 0) is 43.5 Å². The van der Waals surface area contributed by atoms with Crippen LogP contribution in [0.2, 0.25) is 0 Å². The van der Waals surface area contributed by atoms with Crippen LogP contribution in [0.4, 0.5) is 13.2 Å². The van der Waals surface area contributed by atoms with Crippen LogP contribution in [-0.2, 0) is 17.3 Å². The monoisotopic (exact) mass is 305 g/mol. The van der Waals surface area contributed by atoms with Gasteiger partial charge in [-0.3, -0.25) is 0 Å². The van der Waals surface area contributed by atoms with Crippen LogP contribution in [0, 0.1) is 0 Å². The lowest BCUT2D eigenvalue weighted by Crippen LogP contribution is -2.18. The first-order valence-electron chi connectivity index (χ1n) is 6.65. The van der Waals surface area contributed by atoms with Crippen molar-refractivity contribution < 1.29 is 17.9 Å². The van der Waals surface area contributed by atoms with E-state index in [1.807, 2.05) is 0 Å². The highest BCUT2D eigenvalue weighted by molar-refractivity contribution is 8.00. The summed E-state index contributed by atoms with van der Waals surface area (Å²) in [5.74, 6) is 0. The van der Waals surface area contributed by atoms with Gasteiger partial charge in [0.2, 0.25) is 0 Å². The number of ether oxygens (including phenoxy) is 1. The maximum Gasteiger partial charge on any atom is 0.417 e. The third-order valence-electron chi connectivity index (χ3n) is 3.24. The lowest BCUT2D eigenvalue weighted by Gasteiger charge is -2.23. The molecule has 0 aromatic heterocycles. The highest BCUT2D eigenvalue weighted by Gasteiger charge is 2.34. The predicted molar refractivity (Wildman–Crippen MR) is 73.9 cm³/mol. The van der Waals surface area contributed by atoms with E-state index >= 15 is 0 Å². The first-order chi connectivity index (χ1) is 9.50. The van der Waals surface area contributed by atoms with E-state index < -0.39 is 11.7 Å². The summed E-state index contributed by atoms with van der Waals surface area (Å²) >= 11 is 1.31. The predicted octanol–water partition coefficient (Wildman–Crippen LogP) is 3.48. The molecule has 2 rings (SSSR count). The van der Waals surface area contributed by atoms with Gasteiger partial charge in [0, 0.05) is 23.4 Å². The first kappa shape index (κ1) is 15.7. The summed E-state index contributed by atoms with van der Waals surface area (Å²) in [5, 5.41) is 0.199. The molecule has 0 spiro atoms. The van der Waals surface area contributed by atoms with Crippen LogP contribution in [0.5, 0.6) is 0 Å². The molecule has 6 heteroatoms. The van der Waals surface area contributed by atoms with Crippen LogP contribution in [0.1, 0.15) is 24.0 Å². The van der Waals surface area contributed by atoms with Crippen LogP contribution >= 0.6 is 11.8 Å². The Balaban J connectivity index is 2.21. The number of halogens is 3. The number of hydrogen-bond donors (Lipinski definition) is 1. The van der Waals surface area contributed by atoms with Crippen molar-refractivity contribution in [2.45, 2.75) is 35.6 Å². The Morgan fingerprint density at radius 1 is 1.25 bits per heavy atom. The number of rotatable bonds is 4. The fourth-order valence-corrected chi connectivity index (χ4v) is 3.43. The quantitative estimate of drug-likeness (QED) is 0.925. The Kier molecular flexibility index (Phi) is 5.35. The largest absolute Gasteiger partial charge is 0.417 e. The number of alkyl halides is 3. The van der Waals surface area contributed by atoms with Crippen LogP contribution in [0.25, 0.3) is 0 Å². The van der Waals surface area contributed by atoms with E-state index in [0.717, 1.165) is 12.8 Å². The molecule has 0 amide bonds. The molecule has 0 unspecified atom stereocenters. The molecule has 1 aromatic rings. The molecule has 0 bridgehead atoms. The van der Waals surface area contributed by atoms with Gasteiger partial charge in [0.1, 0.15) is 0 Å². The van der Waals surface area contributed by atoms with Crippen molar-refractivity contribution in [2.75, 3.05) is 19.8 Å². The minimum absolute atomic E-state index is 0.199. The maximum absolute atomic E-state index is 13.2. The van der Waals surface area contributed by atoms with Gasteiger partial charge in [-0.15, -0.1) is 11.8 Å². The Morgan fingerprint density at radius 3 is 2.55 bits per heavy atom. The Bertz CT molecular complexity index is 445. The molecule has 1 saturated heterocycles. The average molecular weight is 305 g/mol. The Hall–Kier alpha value is -0.720. The molecule has 1 fully saturated rings. The minimum Gasteiger partial charge on any atom is -0.381 e. The van der Waals surface area contributed by atoms with E-state index in [-0.39, 0.29) is 5.25 Å². The van der Waals surface area contributed by atoms with E-state index in [9.17, 15) is 13.2 Å². The molecule has 2 N–H and O–H groups in total. The van der Waals surface area contributed by atoms with Crippen molar-refractivity contribution >= 4 is 11.8 Å². The highest BCUT2D eigenvalue weighted by Crippen LogP contribution is 2.40. The van der Waals surface area contributed by atoms with Crippen molar-refractivity contribution in [3.63, 3.8) is 0 Å². The van der Waals surface area contributed by atoms with E-state index in [2.05, 4.69) is 0 Å². The molecule has 0 radical (unpaired) electrons. The molecule has 0 aliphatic carbocycles. The van der Waals surface area contributed by atoms with Crippen molar-refractivity contribution in [2.24, 2.45) is 5.73 Å². The number of nitrogens with two attached hydrogens (primary N) is 1. The zero-order chi connectivity index (χ0) is 14.6. The average Bonchev–Trinajstić information content (AvgIpc) is 2.41. The van der Waals surface area contributed by atoms with Gasteiger partial charge in [0.15, 0.2) is 0 Å². The van der Waals surface area contributed by atoms with Crippen molar-refractivity contribution in [3.8, 4) is 0 Å². The maximum atomic E-state index is 13.2. The van der Waals surface area contributed by atoms with Crippen molar-refractivity contribution in [1.29, 1.82) is 0 Å². The van der Waals surface area contributed by atoms with Gasteiger partial charge < -0.3 is 10.5 Å². The number of hydrogen-bond acceptors (Lipinski definition) is 3. The van der Waals surface area contributed by atoms with Gasteiger partial charge >= 0.3 is 6.18 Å². The zero-order valence-corrected chi connectivity index (χ0v) is 11.9. The standard InChI is InChI=1S/C14H18F3NOS/c15-14(16,17)12-9-10(3-6-18)1-2-13(12)20-11-4-7-19-8-5-11/h1-2,9,11H,3-8,18H2. The normalized spacial score (nSPS) is 17.4. The summed E-state index contributed by atoms with van der Waals surface area (Å²) in [6, 6.07) is 4.55. The lowest BCUT2D eigenvalue weighted by molar-refractivity contribution is -0.139. The molecule has 0 atom stereocenters. The van der Waals surface area contributed by atoms with Gasteiger partial charge in [0.05, 0.1) is 5.56 Å². The highest BCUT2D eigenvalue weighted by atomic mass is 32.2. The second-order valence-electron chi connectivity index (χ2n) is 4.80. The molecular weight excluding hydrogens is 287 g/mol. The zero-order valence-electron chi connectivity index (χ0n) is 11.1. The molecule has 1 heterocycles. The van der Waals surface area contributed by atoms with E-state index in [4.69, 9.17) is 10.5 Å². The summed E-state index contributed by atoms with van der Waals surface area (Å²) in [6.07, 6.45) is -2.26. The molecule has 1 aliphatic heterocycles. The second kappa shape index (κ2) is 6.83. The molecule has 20 heavy (non-hydrogen) atoms. The van der Waals surface area contributed by atoms with Crippen LogP contribution in [-0.4, -0.2) is 25.0 Å². The third-order valence-corrected chi connectivity index (χ3v) is 4.66. The smallest absolute Gasteiger partial charge is 0.381 e. The summed E-state index contributed by atoms with van der Waals surface area (Å²) in [4.78, 5) is 0.310. The van der Waals surface area contributed by atoms with Crippen LogP contribution < -0.4 is 5.73 Å². The number of thioether (sulfide) groups is 1. The summed E-state index contributed by atoms with van der Waals surface area (Å²) in [6.45, 7) is 1.61. The SMILES string of the molecule is NCCc1ccc(SC2CCOCC2)c(C(F)(F)F)c1. The van der Waals surface area contributed by atoms with Crippen LogP contribution in [0.3, 0.4) is 0 Å². The molecule has 0 saturated carbocycles. The Morgan fingerprint density at radius 2 is 1.95 bits per heavy atom. The molecule has 1 aliphatic rings. The van der Waals surface area contributed by atoms with Gasteiger partial charge in [0.25, 0.3) is 0 Å². The molecule has 2 nitrogen and oxygen atoms in total. The van der Waals surface area contributed by atoms with E-state index in [0.29, 0.717) is 36.6 Å². The summed E-state index contributed by atoms with van der Waals surface area (Å²) < 4.78 is 44.7. The van der Waals surface area contributed by atoms with Crippen molar-refractivity contribution in [1.82, 2.24) is 0 Å². The second-order valence-corrected chi connectivity index (χ2v) is 6.14. The van der Waals surface area contributed by atoms with Gasteiger partial charge in [-0.25, -0.2) is 0 Å². The van der Waals surface area contributed by atoms with Gasteiger partial charge in [-0.2, -0.15) is 13.2 Å². The fraction of sp³-hybridized carbons (Fsp3) is 0.571. The lowest BCUT2D eigenvalue weighted by atomic mass is 10.1. The molecule has 112 valence electrons. The topological polar surface area (TPSA) is 35.2 Å². The van der Waals surface area contributed by atoms with E-state index in [1.165, 1.54) is 17.8 Å².